The average Bonchev–Trinajstić information content (AvgIpc) is 2.61. The Balaban J connectivity index is 1.89. The summed E-state index contributed by atoms with van der Waals surface area (Å²) >= 11 is 5.97. The monoisotopic (exact) mass is 376 g/mol. The molecule has 0 bridgehead atoms. The molecule has 0 saturated carbocycles. The van der Waals surface area contributed by atoms with Crippen molar-refractivity contribution in [2.45, 2.75) is 26.1 Å². The Morgan fingerprint density at radius 3 is 2.58 bits per heavy atom. The summed E-state index contributed by atoms with van der Waals surface area (Å²) in [6.45, 7) is 2.47. The lowest BCUT2D eigenvalue weighted by molar-refractivity contribution is -0.125. The fraction of sp³-hybridized carbons (Fsp3) is 0.263. The van der Waals surface area contributed by atoms with Gasteiger partial charge in [-0.1, -0.05) is 41.9 Å². The number of ether oxygens (including phenoxy) is 2. The Morgan fingerprint density at radius 2 is 1.92 bits per heavy atom. The van der Waals surface area contributed by atoms with Crippen LogP contribution in [0.15, 0.2) is 48.5 Å². The quantitative estimate of drug-likeness (QED) is 0.688. The van der Waals surface area contributed by atoms with Gasteiger partial charge >= 0.3 is 6.09 Å². The van der Waals surface area contributed by atoms with Crippen LogP contribution in [0.5, 0.6) is 0 Å². The molecule has 2 aromatic rings. The summed E-state index contributed by atoms with van der Waals surface area (Å²) in [6, 6.07) is 14.7. The fourth-order valence-electron chi connectivity index (χ4n) is 2.28. The van der Waals surface area contributed by atoms with Crippen LogP contribution >= 0.6 is 11.6 Å². The maximum absolute atomic E-state index is 12.4. The van der Waals surface area contributed by atoms with E-state index in [2.05, 4.69) is 5.32 Å². The highest BCUT2D eigenvalue weighted by molar-refractivity contribution is 6.31. The van der Waals surface area contributed by atoms with E-state index in [4.69, 9.17) is 26.8 Å². The van der Waals surface area contributed by atoms with Gasteiger partial charge in [-0.2, -0.15) is 0 Å². The van der Waals surface area contributed by atoms with Crippen molar-refractivity contribution in [2.75, 3.05) is 11.9 Å². The lowest BCUT2D eigenvalue weighted by Gasteiger charge is -2.17. The van der Waals surface area contributed by atoms with Gasteiger partial charge in [-0.05, 0) is 36.2 Å². The summed E-state index contributed by atoms with van der Waals surface area (Å²) < 4.78 is 10.4. The fourth-order valence-corrected chi connectivity index (χ4v) is 2.40. The van der Waals surface area contributed by atoms with Crippen molar-refractivity contribution in [3.8, 4) is 0 Å². The van der Waals surface area contributed by atoms with Gasteiger partial charge in [0.25, 0.3) is 5.91 Å². The first-order chi connectivity index (χ1) is 12.5. The molecule has 0 aromatic heterocycles. The molecule has 138 valence electrons. The Kier molecular flexibility index (Phi) is 7.44. The maximum Gasteiger partial charge on any atom is 0.405 e. The highest BCUT2D eigenvalue weighted by atomic mass is 35.5. The van der Waals surface area contributed by atoms with E-state index in [9.17, 15) is 9.59 Å². The van der Waals surface area contributed by atoms with E-state index >= 15 is 0 Å². The van der Waals surface area contributed by atoms with Crippen molar-refractivity contribution in [3.05, 3.63) is 64.7 Å². The number of nitrogens with one attached hydrogen (secondary N) is 1. The van der Waals surface area contributed by atoms with Crippen LogP contribution in [0.3, 0.4) is 0 Å². The average molecular weight is 377 g/mol. The van der Waals surface area contributed by atoms with E-state index in [1.807, 2.05) is 37.3 Å². The summed E-state index contributed by atoms with van der Waals surface area (Å²) in [7, 11) is 0. The minimum absolute atomic E-state index is 0.189. The van der Waals surface area contributed by atoms with Crippen molar-refractivity contribution in [1.29, 1.82) is 0 Å². The van der Waals surface area contributed by atoms with Crippen LogP contribution in [0.1, 0.15) is 17.5 Å². The number of amides is 2. The number of hydrogen-bond acceptors (Lipinski definition) is 4. The van der Waals surface area contributed by atoms with E-state index < -0.39 is 18.1 Å². The number of hydrogen-bond donors (Lipinski definition) is 2. The van der Waals surface area contributed by atoms with Gasteiger partial charge in [-0.15, -0.1) is 0 Å². The zero-order valence-electron chi connectivity index (χ0n) is 14.4. The molecule has 0 radical (unpaired) electrons. The zero-order valence-corrected chi connectivity index (χ0v) is 15.2. The SMILES string of the molecule is Cc1cc(NC(=O)C(CCOCc2ccccc2)OC(N)=O)ccc1Cl. The van der Waals surface area contributed by atoms with Crippen molar-refractivity contribution in [2.24, 2.45) is 5.73 Å². The molecule has 1 atom stereocenters. The second kappa shape index (κ2) is 9.79. The molecule has 1 unspecified atom stereocenters. The normalized spacial score (nSPS) is 11.6. The Morgan fingerprint density at radius 1 is 1.19 bits per heavy atom. The van der Waals surface area contributed by atoms with Gasteiger partial charge in [0.15, 0.2) is 6.10 Å². The Bertz CT molecular complexity index is 752. The molecule has 0 spiro atoms. The van der Waals surface area contributed by atoms with Crippen molar-refractivity contribution < 1.29 is 19.1 Å². The molecule has 0 aliphatic carbocycles. The number of nitrogens with two attached hydrogens (primary N) is 1. The lowest BCUT2D eigenvalue weighted by atomic mass is 10.2. The predicted molar refractivity (Wildman–Crippen MR) is 100.0 cm³/mol. The third-order valence-corrected chi connectivity index (χ3v) is 4.04. The summed E-state index contributed by atoms with van der Waals surface area (Å²) in [5.74, 6) is -0.478. The molecule has 0 aliphatic rings. The first kappa shape index (κ1) is 19.8. The number of rotatable bonds is 8. The molecule has 0 heterocycles. The van der Waals surface area contributed by atoms with Gasteiger partial charge in [-0.25, -0.2) is 4.79 Å². The van der Waals surface area contributed by atoms with Gasteiger partial charge in [0.1, 0.15) is 0 Å². The molecule has 7 heteroatoms. The third kappa shape index (κ3) is 6.38. The number of benzene rings is 2. The van der Waals surface area contributed by atoms with E-state index in [1.165, 1.54) is 0 Å². The Labute approximate surface area is 157 Å². The van der Waals surface area contributed by atoms with Crippen LogP contribution in [0, 0.1) is 6.92 Å². The van der Waals surface area contributed by atoms with Gasteiger partial charge in [-0.3, -0.25) is 4.79 Å². The summed E-state index contributed by atoms with van der Waals surface area (Å²) in [6.07, 6.45) is -1.87. The van der Waals surface area contributed by atoms with Gasteiger partial charge < -0.3 is 20.5 Å². The highest BCUT2D eigenvalue weighted by Gasteiger charge is 2.22. The van der Waals surface area contributed by atoms with Crippen LogP contribution in [-0.2, 0) is 20.9 Å². The minimum Gasteiger partial charge on any atom is -0.436 e. The van der Waals surface area contributed by atoms with Crippen LogP contribution in [-0.4, -0.2) is 24.7 Å². The number of aryl methyl sites for hydroxylation is 1. The van der Waals surface area contributed by atoms with Crippen LogP contribution in [0.4, 0.5) is 10.5 Å². The van der Waals surface area contributed by atoms with Crippen molar-refractivity contribution in [1.82, 2.24) is 0 Å². The first-order valence-electron chi connectivity index (χ1n) is 8.10. The Hall–Kier alpha value is -2.57. The smallest absolute Gasteiger partial charge is 0.405 e. The van der Waals surface area contributed by atoms with E-state index in [0.29, 0.717) is 17.3 Å². The number of anilines is 1. The second-order valence-electron chi connectivity index (χ2n) is 5.71. The summed E-state index contributed by atoms with van der Waals surface area (Å²) in [5, 5.41) is 3.29. The molecule has 0 saturated heterocycles. The minimum atomic E-state index is -1.04. The van der Waals surface area contributed by atoms with Crippen molar-refractivity contribution in [3.63, 3.8) is 0 Å². The van der Waals surface area contributed by atoms with E-state index in [1.54, 1.807) is 18.2 Å². The van der Waals surface area contributed by atoms with Crippen LogP contribution < -0.4 is 11.1 Å². The largest absolute Gasteiger partial charge is 0.436 e. The molecule has 6 nitrogen and oxygen atoms in total. The van der Waals surface area contributed by atoms with Crippen molar-refractivity contribution >= 4 is 29.3 Å². The van der Waals surface area contributed by atoms with Gasteiger partial charge in [0, 0.05) is 17.1 Å². The molecular formula is C19H21ClN2O4. The first-order valence-corrected chi connectivity index (χ1v) is 8.48. The molecule has 2 amide bonds. The number of carbonyl (C=O) groups is 2. The second-order valence-corrected chi connectivity index (χ2v) is 6.11. The van der Waals surface area contributed by atoms with E-state index in [0.717, 1.165) is 11.1 Å². The van der Waals surface area contributed by atoms with E-state index in [-0.39, 0.29) is 13.0 Å². The molecule has 0 fully saturated rings. The topological polar surface area (TPSA) is 90.7 Å². The molecule has 2 rings (SSSR count). The molecular weight excluding hydrogens is 356 g/mol. The third-order valence-electron chi connectivity index (χ3n) is 3.61. The highest BCUT2D eigenvalue weighted by Crippen LogP contribution is 2.20. The van der Waals surface area contributed by atoms with Crippen LogP contribution in [0.25, 0.3) is 0 Å². The van der Waals surface area contributed by atoms with Crippen LogP contribution in [0.2, 0.25) is 5.02 Å². The van der Waals surface area contributed by atoms with Gasteiger partial charge in [0.05, 0.1) is 13.2 Å². The summed E-state index contributed by atoms with van der Waals surface area (Å²) in [5.41, 5.74) is 7.46. The predicted octanol–water partition coefficient (Wildman–Crippen LogP) is 3.66. The standard InChI is InChI=1S/C19H21ClN2O4/c1-13-11-15(7-8-16(13)20)22-18(23)17(26-19(21)24)9-10-25-12-14-5-3-2-4-6-14/h2-8,11,17H,9-10,12H2,1H3,(H2,21,24)(H,22,23). The number of carbonyl (C=O) groups excluding carboxylic acids is 2. The molecule has 0 aliphatic heterocycles. The lowest BCUT2D eigenvalue weighted by Crippen LogP contribution is -2.35. The molecule has 26 heavy (non-hydrogen) atoms. The van der Waals surface area contributed by atoms with Gasteiger partial charge in [0.2, 0.25) is 0 Å². The molecule has 3 N–H and O–H groups in total. The maximum atomic E-state index is 12.4. The number of halogens is 1. The molecule has 2 aromatic carbocycles. The zero-order chi connectivity index (χ0) is 18.9. The number of primary amides is 1. The summed E-state index contributed by atoms with van der Waals surface area (Å²) in [4.78, 5) is 23.5.